The maximum Gasteiger partial charge on any atom is 0.111 e. The Morgan fingerprint density at radius 3 is 2.93 bits per heavy atom. The van der Waals surface area contributed by atoms with Gasteiger partial charge in [-0.05, 0) is 30.4 Å². The van der Waals surface area contributed by atoms with Crippen molar-refractivity contribution in [2.24, 2.45) is 0 Å². The normalized spacial score (nSPS) is 17.2. The van der Waals surface area contributed by atoms with Crippen molar-refractivity contribution in [1.82, 2.24) is 9.07 Å². The molecule has 1 aliphatic carbocycles. The summed E-state index contributed by atoms with van der Waals surface area (Å²) in [7, 11) is 0. The molecular formula is C11H11ClN2. The number of fused-ring (bicyclic) bond motifs is 1. The lowest BCUT2D eigenvalue weighted by Crippen LogP contribution is -2.09. The average Bonchev–Trinajstić information content (AvgIpc) is 2.47. The van der Waals surface area contributed by atoms with E-state index in [4.69, 9.17) is 11.8 Å². The van der Waals surface area contributed by atoms with Crippen molar-refractivity contribution in [2.75, 3.05) is 0 Å². The van der Waals surface area contributed by atoms with Gasteiger partial charge < -0.3 is 0 Å². The Morgan fingerprint density at radius 1 is 1.36 bits per heavy atom. The van der Waals surface area contributed by atoms with Crippen LogP contribution in [0.25, 0.3) is 11.0 Å². The van der Waals surface area contributed by atoms with Crippen LogP contribution in [-0.2, 0) is 0 Å². The highest BCUT2D eigenvalue weighted by molar-refractivity contribution is 6.18. The van der Waals surface area contributed by atoms with E-state index in [2.05, 4.69) is 17.1 Å². The third-order valence-corrected chi connectivity index (χ3v) is 3.38. The smallest absolute Gasteiger partial charge is 0.111 e. The number of hydrogen-bond acceptors (Lipinski definition) is 1. The zero-order chi connectivity index (χ0) is 9.54. The molecule has 0 unspecified atom stereocenters. The lowest BCUT2D eigenvalue weighted by atomic mass is 9.79. The lowest BCUT2D eigenvalue weighted by Gasteiger charge is -2.25. The van der Waals surface area contributed by atoms with Gasteiger partial charge in [0.2, 0.25) is 0 Å². The van der Waals surface area contributed by atoms with Crippen LogP contribution in [0.4, 0.5) is 0 Å². The van der Waals surface area contributed by atoms with E-state index in [1.807, 2.05) is 6.07 Å². The molecule has 2 aromatic rings. The molecule has 1 aliphatic rings. The summed E-state index contributed by atoms with van der Waals surface area (Å²) < 4.78 is 1.57. The van der Waals surface area contributed by atoms with E-state index in [1.165, 1.54) is 24.8 Å². The number of nitrogens with zero attached hydrogens (tertiary/aromatic N) is 2. The molecule has 0 saturated heterocycles. The van der Waals surface area contributed by atoms with Crippen molar-refractivity contribution in [3.05, 3.63) is 30.1 Å². The molecule has 0 N–H and O–H groups in total. The van der Waals surface area contributed by atoms with Crippen molar-refractivity contribution < 1.29 is 0 Å². The summed E-state index contributed by atoms with van der Waals surface area (Å²) in [6, 6.07) is 6.25. The molecule has 0 amide bonds. The standard InChI is InChI=1S/C11H11ClN2/c12-14-7-13-11-9(8-3-1-4-8)5-2-6-10(11)14/h2,5-8H,1,3-4H2. The van der Waals surface area contributed by atoms with Crippen LogP contribution in [0.2, 0.25) is 0 Å². The number of hydrogen-bond donors (Lipinski definition) is 0. The molecule has 3 rings (SSSR count). The predicted octanol–water partition coefficient (Wildman–Crippen LogP) is 3.31. The van der Waals surface area contributed by atoms with Crippen LogP contribution in [0, 0.1) is 0 Å². The molecule has 1 aromatic heterocycles. The second kappa shape index (κ2) is 2.99. The van der Waals surface area contributed by atoms with Crippen molar-refractivity contribution in [2.45, 2.75) is 25.2 Å². The second-order valence-electron chi connectivity index (χ2n) is 3.90. The van der Waals surface area contributed by atoms with Gasteiger partial charge in [0.15, 0.2) is 0 Å². The van der Waals surface area contributed by atoms with Gasteiger partial charge in [-0.1, -0.05) is 18.6 Å². The molecule has 0 atom stereocenters. The lowest BCUT2D eigenvalue weighted by molar-refractivity contribution is 0.422. The first-order valence-electron chi connectivity index (χ1n) is 4.98. The summed E-state index contributed by atoms with van der Waals surface area (Å²) in [6.07, 6.45) is 5.62. The van der Waals surface area contributed by atoms with E-state index in [0.717, 1.165) is 11.0 Å². The molecule has 0 spiro atoms. The molecule has 1 aromatic carbocycles. The van der Waals surface area contributed by atoms with E-state index in [1.54, 1.807) is 10.4 Å². The number of imidazole rings is 1. The van der Waals surface area contributed by atoms with Crippen molar-refractivity contribution in [3.8, 4) is 0 Å². The van der Waals surface area contributed by atoms with Gasteiger partial charge in [0.1, 0.15) is 6.33 Å². The zero-order valence-electron chi connectivity index (χ0n) is 7.78. The monoisotopic (exact) mass is 206 g/mol. The number of benzene rings is 1. The Morgan fingerprint density at radius 2 is 2.21 bits per heavy atom. The van der Waals surface area contributed by atoms with Gasteiger partial charge in [-0.3, -0.25) is 0 Å². The van der Waals surface area contributed by atoms with Crippen molar-refractivity contribution in [1.29, 1.82) is 0 Å². The summed E-state index contributed by atoms with van der Waals surface area (Å²) in [5.74, 6) is 0.713. The highest BCUT2D eigenvalue weighted by Crippen LogP contribution is 2.39. The Kier molecular flexibility index (Phi) is 1.77. The Bertz CT molecular complexity index is 471. The minimum atomic E-state index is 0.713. The van der Waals surface area contributed by atoms with Crippen LogP contribution in [0.5, 0.6) is 0 Å². The first-order valence-corrected chi connectivity index (χ1v) is 5.32. The van der Waals surface area contributed by atoms with Crippen molar-refractivity contribution in [3.63, 3.8) is 0 Å². The fraction of sp³-hybridized carbons (Fsp3) is 0.364. The largest absolute Gasteiger partial charge is 0.241 e. The summed E-state index contributed by atoms with van der Waals surface area (Å²) in [5.41, 5.74) is 3.47. The first kappa shape index (κ1) is 8.30. The van der Waals surface area contributed by atoms with E-state index in [-0.39, 0.29) is 0 Å². The van der Waals surface area contributed by atoms with E-state index >= 15 is 0 Å². The van der Waals surface area contributed by atoms with Crippen LogP contribution in [0.3, 0.4) is 0 Å². The predicted molar refractivity (Wildman–Crippen MR) is 57.6 cm³/mol. The highest BCUT2D eigenvalue weighted by Gasteiger charge is 2.22. The topological polar surface area (TPSA) is 17.8 Å². The molecule has 1 fully saturated rings. The summed E-state index contributed by atoms with van der Waals surface area (Å²) in [4.78, 5) is 4.35. The summed E-state index contributed by atoms with van der Waals surface area (Å²) in [5, 5.41) is 0. The minimum Gasteiger partial charge on any atom is -0.241 e. The van der Waals surface area contributed by atoms with Gasteiger partial charge in [0, 0.05) is 11.8 Å². The Balaban J connectivity index is 2.22. The van der Waals surface area contributed by atoms with Crippen LogP contribution in [0.1, 0.15) is 30.7 Å². The Hall–Kier alpha value is -1.02. The number of rotatable bonds is 1. The quantitative estimate of drug-likeness (QED) is 0.700. The molecular weight excluding hydrogens is 196 g/mol. The third kappa shape index (κ3) is 1.07. The number of para-hydroxylation sites is 1. The van der Waals surface area contributed by atoms with Gasteiger partial charge in [-0.15, -0.1) is 0 Å². The van der Waals surface area contributed by atoms with Gasteiger partial charge >= 0.3 is 0 Å². The SMILES string of the molecule is Cln1cnc2c(C3CCC3)cccc21. The van der Waals surface area contributed by atoms with Gasteiger partial charge in [0.05, 0.1) is 11.0 Å². The molecule has 1 heterocycles. The first-order chi connectivity index (χ1) is 6.86. The van der Waals surface area contributed by atoms with Gasteiger partial charge in [-0.25, -0.2) is 9.07 Å². The van der Waals surface area contributed by atoms with E-state index in [0.29, 0.717) is 5.92 Å². The van der Waals surface area contributed by atoms with E-state index in [9.17, 15) is 0 Å². The molecule has 3 heteroatoms. The van der Waals surface area contributed by atoms with Crippen LogP contribution < -0.4 is 0 Å². The third-order valence-electron chi connectivity index (χ3n) is 3.11. The number of halogens is 1. The molecule has 2 nitrogen and oxygen atoms in total. The molecule has 1 saturated carbocycles. The molecule has 14 heavy (non-hydrogen) atoms. The Labute approximate surface area is 87.6 Å². The maximum absolute atomic E-state index is 5.96. The van der Waals surface area contributed by atoms with Crippen LogP contribution in [0.15, 0.2) is 24.5 Å². The second-order valence-corrected chi connectivity index (χ2v) is 4.26. The van der Waals surface area contributed by atoms with Crippen molar-refractivity contribution >= 4 is 22.8 Å². The summed E-state index contributed by atoms with van der Waals surface area (Å²) in [6.45, 7) is 0. The van der Waals surface area contributed by atoms with Crippen LogP contribution >= 0.6 is 11.8 Å². The fourth-order valence-electron chi connectivity index (χ4n) is 2.08. The number of aromatic nitrogens is 2. The van der Waals surface area contributed by atoms with E-state index < -0.39 is 0 Å². The fourth-order valence-corrected chi connectivity index (χ4v) is 2.26. The van der Waals surface area contributed by atoms with Gasteiger partial charge in [0.25, 0.3) is 0 Å². The molecule has 72 valence electrons. The van der Waals surface area contributed by atoms with Gasteiger partial charge in [-0.2, -0.15) is 0 Å². The minimum absolute atomic E-state index is 0.713. The highest BCUT2D eigenvalue weighted by atomic mass is 35.5. The maximum atomic E-state index is 5.96. The zero-order valence-corrected chi connectivity index (χ0v) is 8.54. The summed E-state index contributed by atoms with van der Waals surface area (Å²) >= 11 is 5.96. The molecule has 0 bridgehead atoms. The molecule has 0 aliphatic heterocycles. The average molecular weight is 207 g/mol. The molecule has 0 radical (unpaired) electrons. The van der Waals surface area contributed by atoms with Crippen LogP contribution in [-0.4, -0.2) is 9.07 Å².